The van der Waals surface area contributed by atoms with Crippen LogP contribution in [0.2, 0.25) is 0 Å². The molecule has 1 unspecified atom stereocenters. The van der Waals surface area contributed by atoms with Crippen molar-refractivity contribution in [3.63, 3.8) is 0 Å². The predicted molar refractivity (Wildman–Crippen MR) is 407 cm³/mol. The lowest BCUT2D eigenvalue weighted by atomic mass is 9.85. The molecule has 2 aliphatic heterocycles. The average Bonchev–Trinajstić information content (AvgIpc) is 1.17. The minimum Gasteiger partial charge on any atom is -0.423 e. The van der Waals surface area contributed by atoms with E-state index in [1.165, 1.54) is 205 Å². The van der Waals surface area contributed by atoms with Gasteiger partial charge in [-0.3, -0.25) is 28.7 Å². The Kier molecular flexibility index (Phi) is 57.4. The standard InChI is InChI=1S/C84H158O19/c1-5-9-13-17-21-25-29-33-37-41-45-49-53-57-61-65-74(88)99-81(94)73(70-86)98-84(103-80(71-87)79(93)78(92)72(69-85)97-80,102-77(91)68-64-60-56-52-48-44-40-36-32-28-24-20-16-12-8-4)83(96,101-76(90)67-63-59-55-51-47-43-39-35-31-27-23-19-15-11-7-3)82(81,95)100-75(89)66-62-58-54-50-46-42-38-34-30-26-22-18-14-10-6-2/h72-73,78-79,85-87,92-96H,5-71H2,1-4H3/t72-,73-,78-,79+,80?,81+,82-,83+,84+/m1/s1. The van der Waals surface area contributed by atoms with E-state index in [-0.39, 0.29) is 25.7 Å². The third kappa shape index (κ3) is 39.1. The van der Waals surface area contributed by atoms with Crippen LogP contribution in [0.25, 0.3) is 0 Å². The Morgan fingerprint density at radius 2 is 0.534 bits per heavy atom. The van der Waals surface area contributed by atoms with Crippen molar-refractivity contribution in [1.29, 1.82) is 0 Å². The van der Waals surface area contributed by atoms with E-state index in [2.05, 4.69) is 27.7 Å². The van der Waals surface area contributed by atoms with Crippen molar-refractivity contribution in [2.24, 2.45) is 0 Å². The van der Waals surface area contributed by atoms with Crippen LogP contribution in [0.1, 0.15) is 439 Å². The monoisotopic (exact) mass is 1470 g/mol. The normalized spacial score (nSPS) is 23.3. The number of unbranched alkanes of at least 4 members (excludes halogenated alkanes) is 56. The SMILES string of the molecule is CCCCCCCCCCCCCCCCCC(=O)O[C@@]1(OC2(CO)O[C@H](CO)[C@@H](O)[C@@H]2O)O[C@H](CO)[C@](O)(OC(=O)CCCCCCCCCCCCCCCCC)[C@@](O)(OC(=O)CCCCCCCCCCCCCCCCC)[C@]1(O)OC(=O)CCCCCCCCCCCCCCCCC. The number of aliphatic hydroxyl groups is 8. The highest BCUT2D eigenvalue weighted by molar-refractivity contribution is 5.73. The van der Waals surface area contributed by atoms with E-state index in [9.17, 15) is 60.0 Å². The Bertz CT molecular complexity index is 2050. The largest absolute Gasteiger partial charge is 0.423 e. The van der Waals surface area contributed by atoms with E-state index in [1.54, 1.807) is 0 Å². The number of ether oxygens (including phenoxy) is 7. The van der Waals surface area contributed by atoms with Crippen LogP contribution in [0, 0.1) is 0 Å². The number of hydrogen-bond acceptors (Lipinski definition) is 19. The van der Waals surface area contributed by atoms with E-state index in [1.807, 2.05) is 0 Å². The van der Waals surface area contributed by atoms with Gasteiger partial charge in [0.05, 0.1) is 13.2 Å². The first-order chi connectivity index (χ1) is 50.0. The topological polar surface area (TPSA) is 295 Å². The molecule has 0 saturated carbocycles. The predicted octanol–water partition coefficient (Wildman–Crippen LogP) is 19.1. The van der Waals surface area contributed by atoms with E-state index < -0.39 is 123 Å². The lowest BCUT2D eigenvalue weighted by molar-refractivity contribution is -0.615. The molecule has 103 heavy (non-hydrogen) atoms. The maximum Gasteiger partial charge on any atom is 0.409 e. The van der Waals surface area contributed by atoms with Gasteiger partial charge in [-0.15, -0.1) is 0 Å². The van der Waals surface area contributed by atoms with Crippen LogP contribution in [0.4, 0.5) is 0 Å². The zero-order valence-corrected chi connectivity index (χ0v) is 66.3. The molecule has 8 N–H and O–H groups in total. The van der Waals surface area contributed by atoms with Gasteiger partial charge in [-0.25, -0.2) is 0 Å². The van der Waals surface area contributed by atoms with E-state index in [0.717, 1.165) is 128 Å². The van der Waals surface area contributed by atoms with Gasteiger partial charge in [0, 0.05) is 25.7 Å². The van der Waals surface area contributed by atoms with Crippen LogP contribution in [0.15, 0.2) is 0 Å². The summed E-state index contributed by atoms with van der Waals surface area (Å²) in [7, 11) is 0. The number of carbonyl (C=O) groups is 4. The van der Waals surface area contributed by atoms with Crippen LogP contribution in [-0.2, 0) is 52.3 Å². The van der Waals surface area contributed by atoms with Gasteiger partial charge in [0.1, 0.15) is 24.9 Å². The number of aliphatic hydroxyl groups excluding tert-OH is 5. The molecule has 608 valence electrons. The van der Waals surface area contributed by atoms with Gasteiger partial charge in [-0.1, -0.05) is 387 Å². The maximum atomic E-state index is 14.7. The first-order valence-corrected chi connectivity index (χ1v) is 43.3. The quantitative estimate of drug-likeness (QED) is 0.0121. The van der Waals surface area contributed by atoms with Crippen LogP contribution in [-0.4, -0.2) is 138 Å². The zero-order valence-electron chi connectivity index (χ0n) is 66.3. The summed E-state index contributed by atoms with van der Waals surface area (Å²) < 4.78 is 41.5. The summed E-state index contributed by atoms with van der Waals surface area (Å²) in [4.78, 5) is 58.2. The van der Waals surface area contributed by atoms with Crippen molar-refractivity contribution in [3.05, 3.63) is 0 Å². The van der Waals surface area contributed by atoms with Crippen LogP contribution in [0.3, 0.4) is 0 Å². The van der Waals surface area contributed by atoms with E-state index >= 15 is 0 Å². The van der Waals surface area contributed by atoms with Gasteiger partial charge < -0.3 is 64.5 Å². The first-order valence-electron chi connectivity index (χ1n) is 43.3. The van der Waals surface area contributed by atoms with Gasteiger partial charge in [0.2, 0.25) is 5.79 Å². The average molecular weight is 1470 g/mol. The molecular weight excluding hydrogens is 1310 g/mol. The Labute approximate surface area is 626 Å². The summed E-state index contributed by atoms with van der Waals surface area (Å²) in [5.41, 5.74) is 0. The highest BCUT2D eigenvalue weighted by Gasteiger charge is 2.89. The van der Waals surface area contributed by atoms with Crippen molar-refractivity contribution >= 4 is 23.9 Å². The molecule has 19 nitrogen and oxygen atoms in total. The summed E-state index contributed by atoms with van der Waals surface area (Å²) in [6, 6.07) is 0. The summed E-state index contributed by atoms with van der Waals surface area (Å²) in [6.07, 6.45) is 51.4. The molecule has 19 heteroatoms. The van der Waals surface area contributed by atoms with Gasteiger partial charge >= 0.3 is 47.2 Å². The zero-order chi connectivity index (χ0) is 75.4. The molecule has 2 saturated heterocycles. The maximum absolute atomic E-state index is 14.7. The van der Waals surface area contributed by atoms with E-state index in [0.29, 0.717) is 25.7 Å². The fourth-order valence-electron chi connectivity index (χ4n) is 14.7. The second kappa shape index (κ2) is 61.2. The molecule has 9 atom stereocenters. The van der Waals surface area contributed by atoms with Crippen molar-refractivity contribution in [2.75, 3.05) is 19.8 Å². The van der Waals surface area contributed by atoms with Gasteiger partial charge in [-0.2, -0.15) is 0 Å². The molecule has 0 aromatic carbocycles. The molecule has 2 heterocycles. The number of esters is 4. The van der Waals surface area contributed by atoms with E-state index in [4.69, 9.17) is 33.2 Å². The molecule has 2 rings (SSSR count). The Morgan fingerprint density at radius 3 is 0.767 bits per heavy atom. The third-order valence-electron chi connectivity index (χ3n) is 21.5. The Hall–Kier alpha value is -2.56. The molecule has 2 aliphatic rings. The van der Waals surface area contributed by atoms with Gasteiger partial charge in [-0.05, 0) is 25.7 Å². The van der Waals surface area contributed by atoms with Gasteiger partial charge in [0.15, 0.2) is 6.10 Å². The number of carbonyl (C=O) groups excluding carboxylic acids is 4. The molecule has 0 radical (unpaired) electrons. The Morgan fingerprint density at radius 1 is 0.301 bits per heavy atom. The summed E-state index contributed by atoms with van der Waals surface area (Å²) in [6.45, 7) is 4.90. The van der Waals surface area contributed by atoms with Crippen molar-refractivity contribution < 1.29 is 93.2 Å². The van der Waals surface area contributed by atoms with Crippen LogP contribution in [0.5, 0.6) is 0 Å². The smallest absolute Gasteiger partial charge is 0.409 e. The molecule has 0 amide bonds. The third-order valence-corrected chi connectivity index (χ3v) is 21.5. The molecule has 0 spiro atoms. The highest BCUT2D eigenvalue weighted by atomic mass is 17.0. The first kappa shape index (κ1) is 96.5. The fourth-order valence-corrected chi connectivity index (χ4v) is 14.7. The molecular formula is C84H158O19. The van der Waals surface area contributed by atoms with Crippen LogP contribution >= 0.6 is 0 Å². The minimum absolute atomic E-state index is 0.141. The van der Waals surface area contributed by atoms with Gasteiger partial charge in [0.25, 0.3) is 0 Å². The number of hydrogen-bond donors (Lipinski definition) is 8. The minimum atomic E-state index is -4.44. The molecule has 0 bridgehead atoms. The lowest BCUT2D eigenvalue weighted by Crippen LogP contribution is -2.88. The second-order valence-corrected chi connectivity index (χ2v) is 30.9. The lowest BCUT2D eigenvalue weighted by Gasteiger charge is -2.59. The molecule has 2 fully saturated rings. The Balaban J connectivity index is 2.57. The molecule has 0 aromatic rings. The highest BCUT2D eigenvalue weighted by Crippen LogP contribution is 2.55. The number of rotatable bonds is 73. The molecule has 0 aromatic heterocycles. The summed E-state index contributed by atoms with van der Waals surface area (Å²) >= 11 is 0. The van der Waals surface area contributed by atoms with Crippen molar-refractivity contribution in [3.8, 4) is 0 Å². The second-order valence-electron chi connectivity index (χ2n) is 30.9. The summed E-state index contributed by atoms with van der Waals surface area (Å²) in [5, 5.41) is 96.4. The van der Waals surface area contributed by atoms with Crippen molar-refractivity contribution in [1.82, 2.24) is 0 Å². The molecule has 0 aliphatic carbocycles. The van der Waals surface area contributed by atoms with Crippen molar-refractivity contribution in [2.45, 2.75) is 492 Å². The fraction of sp³-hybridized carbons (Fsp3) is 0.952. The van der Waals surface area contributed by atoms with Crippen LogP contribution < -0.4 is 0 Å². The summed E-state index contributed by atoms with van der Waals surface area (Å²) in [5.74, 6) is -25.2.